The first kappa shape index (κ1) is 10.3. The fourth-order valence-electron chi connectivity index (χ4n) is 0.817. The average molecular weight is 218 g/mol. The molecule has 13 heavy (non-hydrogen) atoms. The van der Waals surface area contributed by atoms with E-state index < -0.39 is 5.97 Å². The maximum Gasteiger partial charge on any atom is 0.343 e. The number of anilines is 1. The van der Waals surface area contributed by atoms with Crippen LogP contribution in [-0.4, -0.2) is 23.2 Å². The zero-order chi connectivity index (χ0) is 9.84. The van der Waals surface area contributed by atoms with Gasteiger partial charge in [-0.3, -0.25) is 0 Å². The topological polar surface area (TPSA) is 65.2 Å². The van der Waals surface area contributed by atoms with Crippen molar-refractivity contribution < 1.29 is 9.53 Å². The molecule has 0 unspecified atom stereocenters. The van der Waals surface area contributed by atoms with Crippen LogP contribution in [-0.2, 0) is 4.74 Å². The van der Waals surface area contributed by atoms with E-state index in [0.29, 0.717) is 12.2 Å². The van der Waals surface area contributed by atoms with Gasteiger partial charge in [0.2, 0.25) is 0 Å². The second-order valence-electron chi connectivity index (χ2n) is 2.15. The van der Waals surface area contributed by atoms with Crippen molar-refractivity contribution >= 4 is 35.1 Å². The summed E-state index contributed by atoms with van der Waals surface area (Å²) in [5, 5.41) is 0. The molecular formula is C7H10N2O2S2. The number of nitrogens with zero attached hydrogens (tertiary/aromatic N) is 1. The first-order valence-electron chi connectivity index (χ1n) is 3.67. The zero-order valence-electron chi connectivity index (χ0n) is 7.36. The summed E-state index contributed by atoms with van der Waals surface area (Å²) in [5.74, 6) is -0.133. The lowest BCUT2D eigenvalue weighted by Crippen LogP contribution is -2.07. The molecule has 72 valence electrons. The molecule has 6 heteroatoms. The highest BCUT2D eigenvalue weighted by molar-refractivity contribution is 8.00. The Kier molecular flexibility index (Phi) is 3.56. The Morgan fingerprint density at radius 3 is 3.00 bits per heavy atom. The van der Waals surface area contributed by atoms with Crippen LogP contribution >= 0.6 is 23.3 Å². The maximum atomic E-state index is 11.4. The molecule has 1 heterocycles. The van der Waals surface area contributed by atoms with E-state index in [-0.39, 0.29) is 5.82 Å². The smallest absolute Gasteiger partial charge is 0.343 e. The third-order valence-corrected chi connectivity index (χ3v) is 3.31. The molecule has 0 aliphatic heterocycles. The summed E-state index contributed by atoms with van der Waals surface area (Å²) in [6.45, 7) is 2.11. The molecule has 1 aromatic heterocycles. The number of carbonyl (C=O) groups excluding carboxylic acids is 1. The van der Waals surface area contributed by atoms with Gasteiger partial charge in [0.05, 0.1) is 10.8 Å². The Hall–Kier alpha value is -0.750. The molecule has 0 spiro atoms. The van der Waals surface area contributed by atoms with Gasteiger partial charge in [-0.25, -0.2) is 4.79 Å². The van der Waals surface area contributed by atoms with E-state index in [0.717, 1.165) is 4.21 Å². The van der Waals surface area contributed by atoms with E-state index in [9.17, 15) is 4.79 Å². The van der Waals surface area contributed by atoms with Crippen molar-refractivity contribution in [3.8, 4) is 0 Å². The first-order valence-corrected chi connectivity index (χ1v) is 5.66. The minimum absolute atomic E-state index is 0.257. The normalized spacial score (nSPS) is 10.0. The van der Waals surface area contributed by atoms with Gasteiger partial charge < -0.3 is 10.5 Å². The van der Waals surface area contributed by atoms with Gasteiger partial charge in [-0.05, 0) is 24.7 Å². The third-order valence-electron chi connectivity index (χ3n) is 1.35. The van der Waals surface area contributed by atoms with Gasteiger partial charge in [-0.15, -0.1) is 11.8 Å². The van der Waals surface area contributed by atoms with Crippen LogP contribution in [0.5, 0.6) is 0 Å². The lowest BCUT2D eigenvalue weighted by atomic mass is 10.3. The van der Waals surface area contributed by atoms with Gasteiger partial charge in [0.1, 0.15) is 5.56 Å². The Balaban J connectivity index is 2.96. The van der Waals surface area contributed by atoms with Gasteiger partial charge in [0, 0.05) is 0 Å². The molecule has 1 aromatic rings. The summed E-state index contributed by atoms with van der Waals surface area (Å²) in [6.07, 6.45) is 1.87. The van der Waals surface area contributed by atoms with Crippen LogP contribution in [0, 0.1) is 0 Å². The molecule has 0 saturated carbocycles. The summed E-state index contributed by atoms with van der Waals surface area (Å²) >= 11 is 2.66. The van der Waals surface area contributed by atoms with Crippen molar-refractivity contribution in [3.05, 3.63) is 5.56 Å². The molecule has 0 aliphatic rings. The molecule has 0 atom stereocenters. The van der Waals surface area contributed by atoms with Crippen molar-refractivity contribution in [1.29, 1.82) is 0 Å². The number of thioether (sulfide) groups is 1. The van der Waals surface area contributed by atoms with Crippen LogP contribution in [0.3, 0.4) is 0 Å². The predicted octanol–water partition coefficient (Wildman–Crippen LogP) is 1.62. The standard InChI is InChI=1S/C7H10N2O2S2/c1-3-11-6(10)4-5(8)9-13-7(4)12-2/h3H2,1-2H3,(H2,8,9). The van der Waals surface area contributed by atoms with Crippen LogP contribution in [0.4, 0.5) is 5.82 Å². The lowest BCUT2D eigenvalue weighted by Gasteiger charge is -2.00. The fourth-order valence-corrected chi connectivity index (χ4v) is 2.17. The van der Waals surface area contributed by atoms with E-state index >= 15 is 0 Å². The molecule has 0 bridgehead atoms. The molecule has 4 nitrogen and oxygen atoms in total. The van der Waals surface area contributed by atoms with Crippen LogP contribution in [0.1, 0.15) is 17.3 Å². The van der Waals surface area contributed by atoms with Crippen molar-refractivity contribution in [2.45, 2.75) is 11.1 Å². The molecular weight excluding hydrogens is 208 g/mol. The predicted molar refractivity (Wildman–Crippen MR) is 54.3 cm³/mol. The summed E-state index contributed by atoms with van der Waals surface area (Å²) < 4.78 is 9.53. The Labute approximate surface area is 84.6 Å². The number of esters is 1. The van der Waals surface area contributed by atoms with E-state index in [4.69, 9.17) is 10.5 Å². The third kappa shape index (κ3) is 2.13. The quantitative estimate of drug-likeness (QED) is 0.617. The summed E-state index contributed by atoms with van der Waals surface area (Å²) in [6, 6.07) is 0. The largest absolute Gasteiger partial charge is 0.462 e. The van der Waals surface area contributed by atoms with E-state index in [1.54, 1.807) is 6.92 Å². The minimum atomic E-state index is -0.391. The highest BCUT2D eigenvalue weighted by Crippen LogP contribution is 2.29. The zero-order valence-corrected chi connectivity index (χ0v) is 9.00. The monoisotopic (exact) mass is 218 g/mol. The number of ether oxygens (including phenoxy) is 1. The molecule has 0 amide bonds. The molecule has 1 rings (SSSR count). The summed E-state index contributed by atoms with van der Waals surface area (Å²) in [5.41, 5.74) is 5.94. The van der Waals surface area contributed by atoms with Gasteiger partial charge in [0.25, 0.3) is 0 Å². The number of nitrogen functional groups attached to an aromatic ring is 1. The number of nitrogens with two attached hydrogens (primary N) is 1. The first-order chi connectivity index (χ1) is 6.20. The summed E-state index contributed by atoms with van der Waals surface area (Å²) in [7, 11) is 0. The molecule has 0 aliphatic carbocycles. The number of carbonyl (C=O) groups is 1. The van der Waals surface area contributed by atoms with E-state index in [1.807, 2.05) is 6.26 Å². The van der Waals surface area contributed by atoms with Gasteiger partial charge in [-0.1, -0.05) is 0 Å². The number of hydrogen-bond acceptors (Lipinski definition) is 6. The van der Waals surface area contributed by atoms with E-state index in [1.165, 1.54) is 23.3 Å². The second-order valence-corrected chi connectivity index (χ2v) is 4.00. The van der Waals surface area contributed by atoms with Gasteiger partial charge >= 0.3 is 5.97 Å². The summed E-state index contributed by atoms with van der Waals surface area (Å²) in [4.78, 5) is 11.4. The minimum Gasteiger partial charge on any atom is -0.462 e. The lowest BCUT2D eigenvalue weighted by molar-refractivity contribution is 0.0524. The molecule has 2 N–H and O–H groups in total. The Morgan fingerprint density at radius 1 is 1.77 bits per heavy atom. The average Bonchev–Trinajstić information content (AvgIpc) is 2.47. The van der Waals surface area contributed by atoms with E-state index in [2.05, 4.69) is 4.37 Å². The molecule has 0 saturated heterocycles. The van der Waals surface area contributed by atoms with Crippen LogP contribution in [0.15, 0.2) is 4.21 Å². The Morgan fingerprint density at radius 2 is 2.46 bits per heavy atom. The maximum absolute atomic E-state index is 11.4. The van der Waals surface area contributed by atoms with Gasteiger partial charge in [0.15, 0.2) is 5.82 Å². The SMILES string of the molecule is CCOC(=O)c1c(N)nsc1SC. The van der Waals surface area contributed by atoms with Crippen LogP contribution < -0.4 is 5.73 Å². The number of rotatable bonds is 3. The van der Waals surface area contributed by atoms with Crippen molar-refractivity contribution in [3.63, 3.8) is 0 Å². The number of hydrogen-bond donors (Lipinski definition) is 1. The van der Waals surface area contributed by atoms with Crippen LogP contribution in [0.2, 0.25) is 0 Å². The Bertz CT molecular complexity index is 311. The van der Waals surface area contributed by atoms with Crippen LogP contribution in [0.25, 0.3) is 0 Å². The van der Waals surface area contributed by atoms with Crippen molar-refractivity contribution in [1.82, 2.24) is 4.37 Å². The second kappa shape index (κ2) is 4.48. The highest BCUT2D eigenvalue weighted by Gasteiger charge is 2.19. The van der Waals surface area contributed by atoms with Gasteiger partial charge in [-0.2, -0.15) is 4.37 Å². The molecule has 0 radical (unpaired) electrons. The fraction of sp³-hybridized carbons (Fsp3) is 0.429. The number of aromatic nitrogens is 1. The highest BCUT2D eigenvalue weighted by atomic mass is 32.2. The van der Waals surface area contributed by atoms with Crippen molar-refractivity contribution in [2.24, 2.45) is 0 Å². The van der Waals surface area contributed by atoms with Crippen molar-refractivity contribution in [2.75, 3.05) is 18.6 Å². The molecule has 0 aromatic carbocycles. The molecule has 0 fully saturated rings.